The summed E-state index contributed by atoms with van der Waals surface area (Å²) in [5.74, 6) is 0.674. The molecular weight excluding hydrogens is 493 g/mol. The van der Waals surface area contributed by atoms with Crippen LogP contribution in [0.3, 0.4) is 0 Å². The lowest BCUT2D eigenvalue weighted by Gasteiger charge is -2.27. The van der Waals surface area contributed by atoms with Gasteiger partial charge < -0.3 is 9.64 Å². The number of methoxy groups -OCH3 is 1. The number of H-pyrrole nitrogens is 1. The van der Waals surface area contributed by atoms with Crippen LogP contribution in [0.4, 0.5) is 0 Å². The Morgan fingerprint density at radius 1 is 0.971 bits per heavy atom. The Balaban J connectivity index is 1.56. The summed E-state index contributed by atoms with van der Waals surface area (Å²) in [7, 11) is 1.64. The molecule has 5 rings (SSSR count). The Morgan fingerprint density at radius 3 is 2.35 bits per heavy atom. The monoisotopic (exact) mass is 511 g/mol. The molecule has 0 bridgehead atoms. The second-order valence-corrected chi connectivity index (χ2v) is 9.31. The van der Waals surface area contributed by atoms with Crippen LogP contribution in [0.2, 0.25) is 15.1 Å². The highest BCUT2D eigenvalue weighted by Crippen LogP contribution is 2.45. The van der Waals surface area contributed by atoms with Gasteiger partial charge in [-0.2, -0.15) is 5.10 Å². The van der Waals surface area contributed by atoms with Gasteiger partial charge in [0.05, 0.1) is 18.8 Å². The molecule has 1 atom stereocenters. The number of fused-ring (bicyclic) bond motifs is 1. The number of nitrogens with one attached hydrogen (secondary N) is 1. The third kappa shape index (κ3) is 4.16. The molecule has 2 heterocycles. The lowest BCUT2D eigenvalue weighted by atomic mass is 9.96. The summed E-state index contributed by atoms with van der Waals surface area (Å²) in [5.41, 5.74) is 4.72. The first-order valence-corrected chi connectivity index (χ1v) is 11.8. The molecule has 0 aliphatic carbocycles. The van der Waals surface area contributed by atoms with Crippen molar-refractivity contribution in [1.82, 2.24) is 15.1 Å². The summed E-state index contributed by atoms with van der Waals surface area (Å²) < 4.78 is 5.25. The largest absolute Gasteiger partial charge is 0.497 e. The van der Waals surface area contributed by atoms with Gasteiger partial charge >= 0.3 is 0 Å². The summed E-state index contributed by atoms with van der Waals surface area (Å²) >= 11 is 18.9. The normalized spacial score (nSPS) is 15.0. The third-order valence-corrected chi connectivity index (χ3v) is 6.85. The van der Waals surface area contributed by atoms with Crippen LogP contribution in [0.1, 0.15) is 33.2 Å². The molecule has 1 unspecified atom stereocenters. The van der Waals surface area contributed by atoms with Crippen LogP contribution in [0.15, 0.2) is 66.7 Å². The first-order chi connectivity index (χ1) is 16.5. The number of carbonyl (C=O) groups is 1. The van der Waals surface area contributed by atoms with Crippen molar-refractivity contribution in [1.29, 1.82) is 0 Å². The lowest BCUT2D eigenvalue weighted by Crippen LogP contribution is -2.31. The SMILES string of the molecule is COc1ccc(CCN2C(=O)c3[nH]nc(-c4ccc(Cl)cc4)c3C2c2ccc(Cl)cc2Cl)cc1. The summed E-state index contributed by atoms with van der Waals surface area (Å²) in [5, 5.41) is 9.11. The Kier molecular flexibility index (Phi) is 6.26. The molecule has 1 aliphatic rings. The molecule has 0 fully saturated rings. The maximum Gasteiger partial charge on any atom is 0.273 e. The summed E-state index contributed by atoms with van der Waals surface area (Å²) in [6.07, 6.45) is 0.672. The number of ether oxygens (including phenoxy) is 1. The van der Waals surface area contributed by atoms with E-state index in [-0.39, 0.29) is 5.91 Å². The molecule has 5 nitrogen and oxygen atoms in total. The first-order valence-electron chi connectivity index (χ1n) is 10.7. The number of carbonyl (C=O) groups excluding carboxylic acids is 1. The molecule has 0 saturated carbocycles. The van der Waals surface area contributed by atoms with E-state index in [2.05, 4.69) is 10.2 Å². The summed E-state index contributed by atoms with van der Waals surface area (Å²) in [6.45, 7) is 0.497. The van der Waals surface area contributed by atoms with Crippen molar-refractivity contribution >= 4 is 40.7 Å². The van der Waals surface area contributed by atoms with Crippen LogP contribution < -0.4 is 4.74 Å². The van der Waals surface area contributed by atoms with Crippen molar-refractivity contribution in [3.8, 4) is 17.0 Å². The molecule has 1 aromatic heterocycles. The number of hydrogen-bond acceptors (Lipinski definition) is 3. The topological polar surface area (TPSA) is 58.2 Å². The van der Waals surface area contributed by atoms with Gasteiger partial charge in [-0.05, 0) is 53.9 Å². The minimum absolute atomic E-state index is 0.118. The van der Waals surface area contributed by atoms with Crippen molar-refractivity contribution in [3.63, 3.8) is 0 Å². The first kappa shape index (κ1) is 22.8. The lowest BCUT2D eigenvalue weighted by molar-refractivity contribution is 0.0746. The van der Waals surface area contributed by atoms with Crippen LogP contribution in [0.25, 0.3) is 11.3 Å². The maximum absolute atomic E-state index is 13.5. The van der Waals surface area contributed by atoms with Gasteiger partial charge in [-0.25, -0.2) is 0 Å². The van der Waals surface area contributed by atoms with Crippen LogP contribution in [-0.4, -0.2) is 34.7 Å². The van der Waals surface area contributed by atoms with Gasteiger partial charge in [0, 0.05) is 32.7 Å². The summed E-state index contributed by atoms with van der Waals surface area (Å²) in [6, 6.07) is 20.2. The van der Waals surface area contributed by atoms with Gasteiger partial charge in [0.2, 0.25) is 0 Å². The average Bonchev–Trinajstić information content (AvgIpc) is 3.38. The van der Waals surface area contributed by atoms with E-state index in [1.807, 2.05) is 47.4 Å². The zero-order chi connectivity index (χ0) is 23.8. The fraction of sp³-hybridized carbons (Fsp3) is 0.154. The van der Waals surface area contributed by atoms with E-state index in [9.17, 15) is 4.79 Å². The van der Waals surface area contributed by atoms with E-state index in [0.29, 0.717) is 39.4 Å². The highest BCUT2D eigenvalue weighted by atomic mass is 35.5. The molecule has 172 valence electrons. The van der Waals surface area contributed by atoms with E-state index < -0.39 is 6.04 Å². The molecule has 8 heteroatoms. The number of hydrogen-bond donors (Lipinski definition) is 1. The Labute approximate surface area is 212 Å². The van der Waals surface area contributed by atoms with Crippen molar-refractivity contribution in [2.24, 2.45) is 0 Å². The smallest absolute Gasteiger partial charge is 0.273 e. The van der Waals surface area contributed by atoms with E-state index in [0.717, 1.165) is 28.0 Å². The van der Waals surface area contributed by atoms with Gasteiger partial charge in [-0.15, -0.1) is 0 Å². The zero-order valence-corrected chi connectivity index (χ0v) is 20.5. The summed E-state index contributed by atoms with van der Waals surface area (Å²) in [4.78, 5) is 15.4. The van der Waals surface area contributed by atoms with Crippen LogP contribution in [0.5, 0.6) is 5.75 Å². The molecule has 0 radical (unpaired) electrons. The zero-order valence-electron chi connectivity index (χ0n) is 18.2. The number of benzene rings is 3. The Morgan fingerprint density at radius 2 is 1.68 bits per heavy atom. The quantitative estimate of drug-likeness (QED) is 0.308. The van der Waals surface area contributed by atoms with Crippen molar-refractivity contribution in [2.75, 3.05) is 13.7 Å². The van der Waals surface area contributed by atoms with Crippen molar-refractivity contribution in [3.05, 3.63) is 104 Å². The van der Waals surface area contributed by atoms with Crippen molar-refractivity contribution in [2.45, 2.75) is 12.5 Å². The second kappa shape index (κ2) is 9.34. The van der Waals surface area contributed by atoms with E-state index >= 15 is 0 Å². The highest BCUT2D eigenvalue weighted by Gasteiger charge is 2.42. The molecular formula is C26H20Cl3N3O2. The van der Waals surface area contributed by atoms with Crippen LogP contribution in [-0.2, 0) is 6.42 Å². The molecule has 3 aromatic carbocycles. The molecule has 0 saturated heterocycles. The molecule has 34 heavy (non-hydrogen) atoms. The number of nitrogens with zero attached hydrogens (tertiary/aromatic N) is 2. The van der Waals surface area contributed by atoms with E-state index in [1.54, 1.807) is 31.4 Å². The van der Waals surface area contributed by atoms with E-state index in [1.165, 1.54) is 0 Å². The minimum Gasteiger partial charge on any atom is -0.497 e. The Hall–Kier alpha value is -2.99. The van der Waals surface area contributed by atoms with Crippen LogP contribution in [0, 0.1) is 0 Å². The number of amides is 1. The van der Waals surface area contributed by atoms with Gasteiger partial charge in [0.25, 0.3) is 5.91 Å². The van der Waals surface area contributed by atoms with Crippen molar-refractivity contribution < 1.29 is 9.53 Å². The fourth-order valence-corrected chi connectivity index (χ4v) is 4.98. The highest BCUT2D eigenvalue weighted by molar-refractivity contribution is 6.35. The number of halogens is 3. The fourth-order valence-electron chi connectivity index (χ4n) is 4.34. The van der Waals surface area contributed by atoms with Gasteiger partial charge in [-0.1, -0.05) is 65.1 Å². The molecule has 1 N–H and O–H groups in total. The molecule has 1 amide bonds. The number of aromatic nitrogens is 2. The molecule has 4 aromatic rings. The number of rotatable bonds is 6. The molecule has 1 aliphatic heterocycles. The van der Waals surface area contributed by atoms with Gasteiger partial charge in [-0.3, -0.25) is 9.89 Å². The third-order valence-electron chi connectivity index (χ3n) is 6.04. The minimum atomic E-state index is -0.407. The Bertz CT molecular complexity index is 1350. The average molecular weight is 513 g/mol. The van der Waals surface area contributed by atoms with Crippen LogP contribution >= 0.6 is 34.8 Å². The predicted molar refractivity (Wildman–Crippen MR) is 135 cm³/mol. The predicted octanol–water partition coefficient (Wildman–Crippen LogP) is 6.83. The molecule has 0 spiro atoms. The number of aromatic amines is 1. The van der Waals surface area contributed by atoms with E-state index in [4.69, 9.17) is 39.5 Å². The maximum atomic E-state index is 13.5. The van der Waals surface area contributed by atoms with Gasteiger partial charge in [0.15, 0.2) is 0 Å². The van der Waals surface area contributed by atoms with Gasteiger partial charge in [0.1, 0.15) is 11.4 Å². The second-order valence-electron chi connectivity index (χ2n) is 8.03. The standard InChI is InChI=1S/C26H20Cl3N3O2/c1-34-19-9-2-15(3-10-19)12-13-32-25(20-11-8-18(28)14-21(20)29)22-23(30-31-24(22)26(32)33)16-4-6-17(27)7-5-16/h2-11,14,25H,12-13H2,1H3,(H,30,31).